The van der Waals surface area contributed by atoms with Gasteiger partial charge in [-0.05, 0) is 32.3 Å². The fraction of sp³-hybridized carbons (Fsp3) is 0.286. The molecule has 1 heterocycles. The molecule has 2 rings (SSSR count). The molecular formula is C14H16Cl2N4O. The van der Waals surface area contributed by atoms with E-state index < -0.39 is 0 Å². The molecule has 0 aliphatic heterocycles. The largest absolute Gasteiger partial charge is 0.319 e. The number of likely N-dealkylation sites (N-methyl/N-ethyl adjacent to an activating group) is 1. The minimum absolute atomic E-state index is 0.249. The molecule has 0 radical (unpaired) electrons. The van der Waals surface area contributed by atoms with E-state index >= 15 is 0 Å². The van der Waals surface area contributed by atoms with Crippen molar-refractivity contribution in [2.45, 2.75) is 6.54 Å². The molecular weight excluding hydrogens is 311 g/mol. The van der Waals surface area contributed by atoms with Gasteiger partial charge >= 0.3 is 0 Å². The summed E-state index contributed by atoms with van der Waals surface area (Å²) in [4.78, 5) is 14.2. The Balaban J connectivity index is 2.00. The molecule has 112 valence electrons. The van der Waals surface area contributed by atoms with E-state index in [9.17, 15) is 4.79 Å². The second-order valence-corrected chi connectivity index (χ2v) is 5.69. The first-order valence-electron chi connectivity index (χ1n) is 6.39. The van der Waals surface area contributed by atoms with Gasteiger partial charge in [0.2, 0.25) is 0 Å². The van der Waals surface area contributed by atoms with Crippen LogP contribution in [-0.2, 0) is 6.54 Å². The molecule has 0 spiro atoms. The molecule has 7 heteroatoms. The summed E-state index contributed by atoms with van der Waals surface area (Å²) in [6.07, 6.45) is 3.41. The molecule has 1 aromatic heterocycles. The Morgan fingerprint density at radius 2 is 2.10 bits per heavy atom. The highest BCUT2D eigenvalue weighted by molar-refractivity contribution is 6.42. The normalized spacial score (nSPS) is 10.9. The number of nitrogens with zero attached hydrogens (tertiary/aromatic N) is 3. The van der Waals surface area contributed by atoms with Gasteiger partial charge in [-0.15, -0.1) is 0 Å². The zero-order chi connectivity index (χ0) is 15.4. The highest BCUT2D eigenvalue weighted by Gasteiger charge is 2.09. The highest BCUT2D eigenvalue weighted by Crippen LogP contribution is 2.23. The van der Waals surface area contributed by atoms with E-state index in [1.54, 1.807) is 29.2 Å². The van der Waals surface area contributed by atoms with Crippen LogP contribution in [0.25, 0.3) is 0 Å². The van der Waals surface area contributed by atoms with Crippen LogP contribution in [0.2, 0.25) is 10.0 Å². The Kier molecular flexibility index (Phi) is 5.22. The van der Waals surface area contributed by atoms with Gasteiger partial charge in [-0.1, -0.05) is 23.2 Å². The molecule has 0 saturated carbocycles. The minimum atomic E-state index is -0.249. The topological polar surface area (TPSA) is 50.2 Å². The van der Waals surface area contributed by atoms with Gasteiger partial charge < -0.3 is 10.2 Å². The van der Waals surface area contributed by atoms with Crippen molar-refractivity contribution < 1.29 is 4.79 Å². The molecule has 0 atom stereocenters. The summed E-state index contributed by atoms with van der Waals surface area (Å²) in [5, 5.41) is 7.74. The summed E-state index contributed by atoms with van der Waals surface area (Å²) in [7, 11) is 3.99. The van der Waals surface area contributed by atoms with Crippen molar-refractivity contribution in [3.05, 3.63) is 46.2 Å². The first-order valence-corrected chi connectivity index (χ1v) is 7.15. The molecule has 5 nitrogen and oxygen atoms in total. The Bertz CT molecular complexity index is 640. The number of anilines is 1. The van der Waals surface area contributed by atoms with Gasteiger partial charge in [0.25, 0.3) is 5.91 Å². The maximum absolute atomic E-state index is 12.1. The van der Waals surface area contributed by atoms with Gasteiger partial charge in [-0.25, -0.2) is 0 Å². The van der Waals surface area contributed by atoms with Gasteiger partial charge in [0.1, 0.15) is 0 Å². The van der Waals surface area contributed by atoms with Crippen molar-refractivity contribution in [1.82, 2.24) is 14.7 Å². The molecule has 0 unspecified atom stereocenters. The van der Waals surface area contributed by atoms with Crippen LogP contribution in [0.15, 0.2) is 30.6 Å². The Morgan fingerprint density at radius 1 is 1.33 bits per heavy atom. The van der Waals surface area contributed by atoms with Crippen LogP contribution in [0.1, 0.15) is 10.4 Å². The second kappa shape index (κ2) is 6.93. The summed E-state index contributed by atoms with van der Waals surface area (Å²) >= 11 is 11.7. The third-order valence-corrected chi connectivity index (χ3v) is 3.59. The van der Waals surface area contributed by atoms with Gasteiger partial charge in [0, 0.05) is 18.3 Å². The number of hydrogen-bond acceptors (Lipinski definition) is 3. The lowest BCUT2D eigenvalue weighted by molar-refractivity contribution is 0.102. The molecule has 0 aliphatic carbocycles. The van der Waals surface area contributed by atoms with Gasteiger partial charge in [0.05, 0.1) is 28.5 Å². The number of hydrogen-bond donors (Lipinski definition) is 1. The summed E-state index contributed by atoms with van der Waals surface area (Å²) in [6.45, 7) is 1.64. The van der Waals surface area contributed by atoms with Crippen molar-refractivity contribution in [3.63, 3.8) is 0 Å². The van der Waals surface area contributed by atoms with E-state index in [4.69, 9.17) is 23.2 Å². The summed E-state index contributed by atoms with van der Waals surface area (Å²) < 4.78 is 1.78. The Morgan fingerprint density at radius 3 is 2.76 bits per heavy atom. The minimum Gasteiger partial charge on any atom is -0.319 e. The highest BCUT2D eigenvalue weighted by atomic mass is 35.5. The Hall–Kier alpha value is -1.56. The van der Waals surface area contributed by atoms with Gasteiger partial charge in [0.15, 0.2) is 0 Å². The van der Waals surface area contributed by atoms with Crippen molar-refractivity contribution in [1.29, 1.82) is 0 Å². The summed E-state index contributed by atoms with van der Waals surface area (Å²) in [5.41, 5.74) is 1.09. The van der Waals surface area contributed by atoms with E-state index in [0.717, 1.165) is 13.1 Å². The van der Waals surface area contributed by atoms with E-state index in [-0.39, 0.29) is 5.91 Å². The van der Waals surface area contributed by atoms with E-state index in [2.05, 4.69) is 15.3 Å². The van der Waals surface area contributed by atoms with Crippen LogP contribution in [0, 0.1) is 0 Å². The average Bonchev–Trinajstić information content (AvgIpc) is 2.87. The van der Waals surface area contributed by atoms with E-state index in [1.165, 1.54) is 6.07 Å². The van der Waals surface area contributed by atoms with E-state index in [1.807, 2.05) is 14.1 Å². The molecule has 0 aliphatic rings. The lowest BCUT2D eigenvalue weighted by atomic mass is 10.2. The second-order valence-electron chi connectivity index (χ2n) is 4.88. The van der Waals surface area contributed by atoms with Crippen LogP contribution in [0.5, 0.6) is 0 Å². The maximum Gasteiger partial charge on any atom is 0.255 e. The first kappa shape index (κ1) is 15.8. The van der Waals surface area contributed by atoms with Gasteiger partial charge in [-0.2, -0.15) is 5.10 Å². The first-order chi connectivity index (χ1) is 9.95. The molecule has 1 N–H and O–H groups in total. The molecule has 0 bridgehead atoms. The molecule has 0 fully saturated rings. The molecule has 1 aromatic carbocycles. The zero-order valence-electron chi connectivity index (χ0n) is 11.8. The van der Waals surface area contributed by atoms with Crippen molar-refractivity contribution in [2.75, 3.05) is 26.0 Å². The number of amides is 1. The lowest BCUT2D eigenvalue weighted by Gasteiger charge is -2.08. The summed E-state index contributed by atoms with van der Waals surface area (Å²) in [5.74, 6) is -0.249. The molecule has 0 saturated heterocycles. The quantitative estimate of drug-likeness (QED) is 0.918. The monoisotopic (exact) mass is 326 g/mol. The van der Waals surface area contributed by atoms with Crippen LogP contribution in [0.3, 0.4) is 0 Å². The maximum atomic E-state index is 12.1. The van der Waals surface area contributed by atoms with Gasteiger partial charge in [-0.3, -0.25) is 9.48 Å². The number of carbonyl (C=O) groups is 1. The van der Waals surface area contributed by atoms with Crippen LogP contribution in [0.4, 0.5) is 5.69 Å². The average molecular weight is 327 g/mol. The standard InChI is InChI=1S/C14H16Cl2N4O/c1-19(2)5-6-20-9-11(8-17-20)18-14(21)10-3-4-12(15)13(16)7-10/h3-4,7-9H,5-6H2,1-2H3,(H,18,21). The number of carbonyl (C=O) groups excluding carboxylic acids is 1. The SMILES string of the molecule is CN(C)CCn1cc(NC(=O)c2ccc(Cl)c(Cl)c2)cn1. The fourth-order valence-corrected chi connectivity index (χ4v) is 1.99. The third kappa shape index (κ3) is 4.46. The van der Waals surface area contributed by atoms with Crippen LogP contribution >= 0.6 is 23.2 Å². The molecule has 1 amide bonds. The van der Waals surface area contributed by atoms with Crippen molar-refractivity contribution in [2.24, 2.45) is 0 Å². The smallest absolute Gasteiger partial charge is 0.255 e. The number of aromatic nitrogens is 2. The fourth-order valence-electron chi connectivity index (χ4n) is 1.69. The number of rotatable bonds is 5. The lowest BCUT2D eigenvalue weighted by Crippen LogP contribution is -2.18. The van der Waals surface area contributed by atoms with E-state index in [0.29, 0.717) is 21.3 Å². The molecule has 2 aromatic rings. The number of halogens is 2. The zero-order valence-corrected chi connectivity index (χ0v) is 13.3. The number of nitrogens with one attached hydrogen (secondary N) is 1. The Labute approximate surface area is 133 Å². The predicted molar refractivity (Wildman–Crippen MR) is 85.2 cm³/mol. The predicted octanol–water partition coefficient (Wildman–Crippen LogP) is 3.00. The van der Waals surface area contributed by atoms with Crippen LogP contribution in [-0.4, -0.2) is 41.2 Å². The van der Waals surface area contributed by atoms with Crippen molar-refractivity contribution >= 4 is 34.8 Å². The third-order valence-electron chi connectivity index (χ3n) is 2.85. The van der Waals surface area contributed by atoms with Crippen LogP contribution < -0.4 is 5.32 Å². The number of benzene rings is 1. The van der Waals surface area contributed by atoms with Crippen molar-refractivity contribution in [3.8, 4) is 0 Å². The summed E-state index contributed by atoms with van der Waals surface area (Å²) in [6, 6.07) is 4.76. The molecule has 21 heavy (non-hydrogen) atoms.